The van der Waals surface area contributed by atoms with E-state index in [1.54, 1.807) is 34.6 Å². The maximum atomic E-state index is 12.6. The van der Waals surface area contributed by atoms with E-state index in [9.17, 15) is 4.79 Å². The van der Waals surface area contributed by atoms with E-state index >= 15 is 0 Å². The minimum atomic E-state index is -0.133. The molecule has 3 rings (SSSR count). The zero-order chi connectivity index (χ0) is 15.7. The van der Waals surface area contributed by atoms with Gasteiger partial charge in [0.15, 0.2) is 5.82 Å². The summed E-state index contributed by atoms with van der Waals surface area (Å²) in [5.74, 6) is 0.470. The van der Waals surface area contributed by atoms with Gasteiger partial charge in [0, 0.05) is 18.3 Å². The third-order valence-electron chi connectivity index (χ3n) is 3.29. The van der Waals surface area contributed by atoms with Crippen molar-refractivity contribution in [3.05, 3.63) is 68.3 Å². The highest BCUT2D eigenvalue weighted by molar-refractivity contribution is 7.71. The van der Waals surface area contributed by atoms with E-state index in [1.165, 1.54) is 0 Å². The number of benzene rings is 1. The number of nitrogens with zero attached hydrogens (tertiary/aromatic N) is 3. The van der Waals surface area contributed by atoms with Gasteiger partial charge in [-0.1, -0.05) is 23.7 Å². The first-order valence-corrected chi connectivity index (χ1v) is 7.40. The largest absolute Gasteiger partial charge is 0.310 e. The van der Waals surface area contributed by atoms with Crippen molar-refractivity contribution in [1.82, 2.24) is 19.3 Å². The third-order valence-corrected chi connectivity index (χ3v) is 3.89. The van der Waals surface area contributed by atoms with Crippen LogP contribution in [0, 0.1) is 4.77 Å². The zero-order valence-corrected chi connectivity index (χ0v) is 13.4. The highest BCUT2D eigenvalue weighted by Crippen LogP contribution is 2.13. The van der Waals surface area contributed by atoms with Crippen molar-refractivity contribution in [1.29, 1.82) is 0 Å². The minimum Gasteiger partial charge on any atom is -0.310 e. The fraction of sp³-hybridized carbons (Fsp3) is 0.133. The van der Waals surface area contributed by atoms with Crippen LogP contribution >= 0.6 is 23.8 Å². The molecule has 0 saturated carbocycles. The van der Waals surface area contributed by atoms with Crippen LogP contribution in [0.25, 0.3) is 11.4 Å². The van der Waals surface area contributed by atoms with E-state index in [4.69, 9.17) is 23.8 Å². The molecule has 2 aromatic heterocycles. The van der Waals surface area contributed by atoms with Crippen LogP contribution in [0.4, 0.5) is 0 Å². The normalized spacial score (nSPS) is 10.8. The summed E-state index contributed by atoms with van der Waals surface area (Å²) in [5.41, 5.74) is 1.31. The quantitative estimate of drug-likeness (QED) is 0.750. The van der Waals surface area contributed by atoms with Crippen LogP contribution < -0.4 is 5.56 Å². The standard InChI is InChI=1S/C15H13ClN4OS/c1-19-15(22)17-13(18-19)12-6-3-7-20(14(12)21)9-10-4-2-5-11(16)8-10/h2-8H,9H2,1H3,(H,17,18,22). The molecular weight excluding hydrogens is 320 g/mol. The Kier molecular flexibility index (Phi) is 3.96. The van der Waals surface area contributed by atoms with Crippen molar-refractivity contribution in [3.8, 4) is 11.4 Å². The lowest BCUT2D eigenvalue weighted by molar-refractivity contribution is 0.748. The Morgan fingerprint density at radius 2 is 2.14 bits per heavy atom. The fourth-order valence-electron chi connectivity index (χ4n) is 2.20. The van der Waals surface area contributed by atoms with Crippen LogP contribution in [0.15, 0.2) is 47.4 Å². The fourth-order valence-corrected chi connectivity index (χ4v) is 2.55. The number of H-pyrrole nitrogens is 1. The van der Waals surface area contributed by atoms with Gasteiger partial charge in [-0.3, -0.25) is 14.6 Å². The number of aromatic nitrogens is 4. The van der Waals surface area contributed by atoms with Crippen LogP contribution in [0.5, 0.6) is 0 Å². The molecular formula is C15H13ClN4OS. The SMILES string of the molecule is Cn1[nH]c(-c2cccn(Cc3cccc(Cl)c3)c2=O)nc1=S. The van der Waals surface area contributed by atoms with Crippen LogP contribution in [0.3, 0.4) is 0 Å². The molecule has 0 aliphatic carbocycles. The number of pyridine rings is 1. The molecule has 0 atom stereocenters. The van der Waals surface area contributed by atoms with Crippen molar-refractivity contribution < 1.29 is 0 Å². The van der Waals surface area contributed by atoms with Crippen molar-refractivity contribution in [3.63, 3.8) is 0 Å². The maximum absolute atomic E-state index is 12.6. The molecule has 2 heterocycles. The molecule has 1 N–H and O–H groups in total. The smallest absolute Gasteiger partial charge is 0.261 e. The lowest BCUT2D eigenvalue weighted by Gasteiger charge is -2.07. The molecule has 0 spiro atoms. The molecule has 0 fully saturated rings. The summed E-state index contributed by atoms with van der Waals surface area (Å²) in [6.45, 7) is 0.445. The molecule has 0 aliphatic heterocycles. The number of halogens is 1. The van der Waals surface area contributed by atoms with Crippen molar-refractivity contribution in [2.75, 3.05) is 0 Å². The Labute approximate surface area is 136 Å². The zero-order valence-electron chi connectivity index (χ0n) is 11.8. The second-order valence-electron chi connectivity index (χ2n) is 4.90. The first-order chi connectivity index (χ1) is 10.5. The van der Waals surface area contributed by atoms with Crippen LogP contribution in [-0.4, -0.2) is 19.3 Å². The average Bonchev–Trinajstić information content (AvgIpc) is 2.81. The number of rotatable bonds is 3. The Bertz CT molecular complexity index is 941. The van der Waals surface area contributed by atoms with E-state index < -0.39 is 0 Å². The summed E-state index contributed by atoms with van der Waals surface area (Å²) in [5, 5.41) is 3.62. The van der Waals surface area contributed by atoms with Gasteiger partial charge in [-0.05, 0) is 42.0 Å². The minimum absolute atomic E-state index is 0.133. The van der Waals surface area contributed by atoms with E-state index in [2.05, 4.69) is 10.1 Å². The number of aryl methyl sites for hydroxylation is 1. The molecule has 3 aromatic rings. The number of nitrogens with one attached hydrogen (secondary N) is 1. The first-order valence-electron chi connectivity index (χ1n) is 6.62. The highest BCUT2D eigenvalue weighted by atomic mass is 35.5. The van der Waals surface area contributed by atoms with E-state index in [1.807, 2.05) is 24.3 Å². The van der Waals surface area contributed by atoms with Crippen molar-refractivity contribution in [2.45, 2.75) is 6.54 Å². The van der Waals surface area contributed by atoms with Crippen LogP contribution in [0.1, 0.15) is 5.56 Å². The van der Waals surface area contributed by atoms with Crippen molar-refractivity contribution >= 4 is 23.8 Å². The summed E-state index contributed by atoms with van der Waals surface area (Å²) in [6, 6.07) is 11.0. The van der Waals surface area contributed by atoms with Crippen LogP contribution in [0.2, 0.25) is 5.02 Å². The molecule has 1 aromatic carbocycles. The second kappa shape index (κ2) is 5.90. The molecule has 0 saturated heterocycles. The van der Waals surface area contributed by atoms with Gasteiger partial charge >= 0.3 is 0 Å². The molecule has 0 bridgehead atoms. The van der Waals surface area contributed by atoms with Gasteiger partial charge in [0.25, 0.3) is 5.56 Å². The molecule has 0 aliphatic rings. The predicted octanol–water partition coefficient (Wildman–Crippen LogP) is 3.01. The maximum Gasteiger partial charge on any atom is 0.261 e. The average molecular weight is 333 g/mol. The summed E-state index contributed by atoms with van der Waals surface area (Å²) < 4.78 is 3.62. The van der Waals surface area contributed by atoms with Gasteiger partial charge in [0.2, 0.25) is 4.77 Å². The van der Waals surface area contributed by atoms with Gasteiger partial charge in [0.1, 0.15) is 0 Å². The summed E-state index contributed by atoms with van der Waals surface area (Å²) in [4.78, 5) is 16.8. The number of hydrogen-bond acceptors (Lipinski definition) is 3. The molecule has 112 valence electrons. The lowest BCUT2D eigenvalue weighted by Crippen LogP contribution is -2.21. The van der Waals surface area contributed by atoms with Gasteiger partial charge in [-0.25, -0.2) is 0 Å². The molecule has 5 nitrogen and oxygen atoms in total. The molecule has 0 amide bonds. The Balaban J connectivity index is 2.02. The Morgan fingerprint density at radius 1 is 1.32 bits per heavy atom. The highest BCUT2D eigenvalue weighted by Gasteiger charge is 2.10. The van der Waals surface area contributed by atoms with Gasteiger partial charge < -0.3 is 4.57 Å². The van der Waals surface area contributed by atoms with Crippen molar-refractivity contribution in [2.24, 2.45) is 7.05 Å². The van der Waals surface area contributed by atoms with E-state index in [0.29, 0.717) is 27.7 Å². The van der Waals surface area contributed by atoms with Gasteiger partial charge in [-0.15, -0.1) is 0 Å². The van der Waals surface area contributed by atoms with E-state index in [-0.39, 0.29) is 5.56 Å². The Morgan fingerprint density at radius 3 is 2.82 bits per heavy atom. The lowest BCUT2D eigenvalue weighted by atomic mass is 10.2. The molecule has 0 radical (unpaired) electrons. The second-order valence-corrected chi connectivity index (χ2v) is 5.70. The van der Waals surface area contributed by atoms with Gasteiger partial charge in [-0.2, -0.15) is 4.98 Å². The number of hydrogen-bond donors (Lipinski definition) is 1. The molecule has 7 heteroatoms. The third kappa shape index (κ3) is 2.88. The molecule has 0 unspecified atom stereocenters. The predicted molar refractivity (Wildman–Crippen MR) is 88.6 cm³/mol. The monoisotopic (exact) mass is 332 g/mol. The first kappa shape index (κ1) is 14.7. The summed E-state index contributed by atoms with van der Waals surface area (Å²) >= 11 is 11.0. The van der Waals surface area contributed by atoms with E-state index in [0.717, 1.165) is 5.56 Å². The topological polar surface area (TPSA) is 55.6 Å². The van der Waals surface area contributed by atoms with Gasteiger partial charge in [0.05, 0.1) is 12.1 Å². The van der Waals surface area contributed by atoms with Crippen LogP contribution in [-0.2, 0) is 13.6 Å². The number of aromatic amines is 1. The summed E-state index contributed by atoms with van der Waals surface area (Å²) in [6.07, 6.45) is 1.74. The Hall–Kier alpha value is -2.18. The molecule has 22 heavy (non-hydrogen) atoms. The summed E-state index contributed by atoms with van der Waals surface area (Å²) in [7, 11) is 1.76.